The summed E-state index contributed by atoms with van der Waals surface area (Å²) in [6.45, 7) is 0.231. The summed E-state index contributed by atoms with van der Waals surface area (Å²) < 4.78 is 42.9. The molecule has 2 aromatic rings. The van der Waals surface area contributed by atoms with E-state index >= 15 is 0 Å². The van der Waals surface area contributed by atoms with Crippen LogP contribution in [0.25, 0.3) is 0 Å². The molecule has 1 heterocycles. The lowest BCUT2D eigenvalue weighted by Gasteiger charge is -2.08. The third kappa shape index (κ3) is 3.49. The van der Waals surface area contributed by atoms with Gasteiger partial charge >= 0.3 is 0 Å². The van der Waals surface area contributed by atoms with Gasteiger partial charge in [-0.1, -0.05) is 0 Å². The van der Waals surface area contributed by atoms with Gasteiger partial charge in [0.1, 0.15) is 5.82 Å². The highest BCUT2D eigenvalue weighted by Gasteiger charge is 2.13. The van der Waals surface area contributed by atoms with Crippen LogP contribution in [0.4, 0.5) is 4.39 Å². The van der Waals surface area contributed by atoms with E-state index in [1.807, 2.05) is 11.6 Å². The number of rotatable bonds is 5. The van der Waals surface area contributed by atoms with Gasteiger partial charge in [-0.2, -0.15) is 0 Å². The van der Waals surface area contributed by atoms with Crippen molar-refractivity contribution in [1.82, 2.24) is 9.55 Å². The molecule has 1 aromatic heterocycles. The minimum Gasteiger partial charge on any atom is -0.490 e. The van der Waals surface area contributed by atoms with Gasteiger partial charge in [0, 0.05) is 36.5 Å². The molecule has 108 valence electrons. The van der Waals surface area contributed by atoms with Crippen LogP contribution in [0.2, 0.25) is 0 Å². The number of aryl methyl sites for hydroxylation is 1. The fourth-order valence-corrected chi connectivity index (χ4v) is 2.40. The number of benzene rings is 1. The summed E-state index contributed by atoms with van der Waals surface area (Å²) in [6, 6.07) is 3.27. The van der Waals surface area contributed by atoms with Crippen molar-refractivity contribution in [3.63, 3.8) is 0 Å². The normalized spacial score (nSPS) is 11.6. The Kier molecular flexibility index (Phi) is 4.29. The molecule has 0 radical (unpaired) electrons. The fraction of sp³-hybridized carbons (Fsp3) is 0.250. The van der Waals surface area contributed by atoms with Gasteiger partial charge in [-0.25, -0.2) is 17.8 Å². The fourth-order valence-electron chi connectivity index (χ4n) is 1.64. The van der Waals surface area contributed by atoms with E-state index in [0.717, 1.165) is 11.9 Å². The maximum atomic E-state index is 13.7. The molecule has 0 aliphatic carbocycles. The third-order valence-corrected chi connectivity index (χ3v) is 4.04. The Morgan fingerprint density at radius 1 is 1.45 bits per heavy atom. The molecule has 0 unspecified atom stereocenters. The molecule has 0 aliphatic heterocycles. The first-order chi connectivity index (χ1) is 9.38. The number of hydrogen-bond acceptors (Lipinski definition) is 4. The minimum atomic E-state index is -3.94. The molecule has 5 nitrogen and oxygen atoms in total. The quantitative estimate of drug-likeness (QED) is 0.792. The SMILES string of the molecule is Cn1ccnc1CCOc1ccc(S(=O)(=O)Cl)cc1F. The number of ether oxygens (including phenoxy) is 1. The molecule has 0 aliphatic rings. The predicted octanol–water partition coefficient (Wildman–Crippen LogP) is 2.11. The zero-order valence-corrected chi connectivity index (χ0v) is 12.2. The van der Waals surface area contributed by atoms with Gasteiger partial charge in [0.15, 0.2) is 11.6 Å². The summed E-state index contributed by atoms with van der Waals surface area (Å²) in [5.41, 5.74) is 0. The molecule has 0 amide bonds. The van der Waals surface area contributed by atoms with Crippen LogP contribution in [-0.4, -0.2) is 24.6 Å². The van der Waals surface area contributed by atoms with Crippen LogP contribution in [0.15, 0.2) is 35.5 Å². The lowest BCUT2D eigenvalue weighted by Crippen LogP contribution is -2.07. The average molecular weight is 319 g/mol. The third-order valence-electron chi connectivity index (χ3n) is 2.69. The summed E-state index contributed by atoms with van der Waals surface area (Å²) >= 11 is 0. The molecule has 20 heavy (non-hydrogen) atoms. The molecule has 0 fully saturated rings. The van der Waals surface area contributed by atoms with Crippen LogP contribution < -0.4 is 4.74 Å². The minimum absolute atomic E-state index is 0.0247. The van der Waals surface area contributed by atoms with Crippen molar-refractivity contribution in [2.75, 3.05) is 6.61 Å². The maximum absolute atomic E-state index is 13.7. The van der Waals surface area contributed by atoms with Crippen LogP contribution in [0.5, 0.6) is 5.75 Å². The second-order valence-corrected chi connectivity index (χ2v) is 6.65. The number of nitrogens with zero attached hydrogens (tertiary/aromatic N) is 2. The molecule has 1 aromatic carbocycles. The number of hydrogen-bond donors (Lipinski definition) is 0. The van der Waals surface area contributed by atoms with Crippen LogP contribution in [0.1, 0.15) is 5.82 Å². The zero-order valence-electron chi connectivity index (χ0n) is 10.6. The second kappa shape index (κ2) is 5.80. The molecule has 0 bridgehead atoms. The van der Waals surface area contributed by atoms with Crippen molar-refractivity contribution in [1.29, 1.82) is 0 Å². The summed E-state index contributed by atoms with van der Waals surface area (Å²) in [5.74, 6) is 0.0141. The second-order valence-electron chi connectivity index (χ2n) is 4.08. The van der Waals surface area contributed by atoms with Crippen molar-refractivity contribution in [3.05, 3.63) is 42.2 Å². The Labute approximate surface area is 120 Å². The monoisotopic (exact) mass is 318 g/mol. The van der Waals surface area contributed by atoms with E-state index in [4.69, 9.17) is 15.4 Å². The summed E-state index contributed by atoms with van der Waals surface area (Å²) in [6.07, 6.45) is 3.98. The van der Waals surface area contributed by atoms with E-state index in [1.165, 1.54) is 12.1 Å². The molecule has 0 atom stereocenters. The van der Waals surface area contributed by atoms with Gasteiger partial charge in [-0.3, -0.25) is 0 Å². The van der Waals surface area contributed by atoms with Gasteiger partial charge in [0.05, 0.1) is 11.5 Å². The van der Waals surface area contributed by atoms with E-state index in [2.05, 4.69) is 4.98 Å². The number of imidazole rings is 1. The van der Waals surface area contributed by atoms with Crippen molar-refractivity contribution >= 4 is 19.7 Å². The van der Waals surface area contributed by atoms with Crippen LogP contribution in [-0.2, 0) is 22.5 Å². The smallest absolute Gasteiger partial charge is 0.261 e. The van der Waals surface area contributed by atoms with E-state index < -0.39 is 14.9 Å². The highest BCUT2D eigenvalue weighted by molar-refractivity contribution is 8.13. The molecule has 8 heteroatoms. The lowest BCUT2D eigenvalue weighted by molar-refractivity contribution is 0.301. The first-order valence-electron chi connectivity index (χ1n) is 5.71. The van der Waals surface area contributed by atoms with E-state index in [1.54, 1.807) is 12.4 Å². The van der Waals surface area contributed by atoms with Crippen molar-refractivity contribution in [2.24, 2.45) is 7.05 Å². The molecule has 2 rings (SSSR count). The predicted molar refractivity (Wildman–Crippen MR) is 71.8 cm³/mol. The Morgan fingerprint density at radius 3 is 2.75 bits per heavy atom. The topological polar surface area (TPSA) is 61.2 Å². The van der Waals surface area contributed by atoms with Crippen LogP contribution >= 0.6 is 10.7 Å². The van der Waals surface area contributed by atoms with E-state index in [-0.39, 0.29) is 17.3 Å². The number of halogens is 2. The van der Waals surface area contributed by atoms with Crippen molar-refractivity contribution in [2.45, 2.75) is 11.3 Å². The van der Waals surface area contributed by atoms with Crippen molar-refractivity contribution < 1.29 is 17.5 Å². The van der Waals surface area contributed by atoms with Gasteiger partial charge in [0.2, 0.25) is 0 Å². The first-order valence-corrected chi connectivity index (χ1v) is 8.02. The van der Waals surface area contributed by atoms with E-state index in [9.17, 15) is 12.8 Å². The van der Waals surface area contributed by atoms with Gasteiger partial charge in [0.25, 0.3) is 9.05 Å². The molecule has 0 N–H and O–H groups in total. The molecular formula is C12H12ClFN2O3S. The molecular weight excluding hydrogens is 307 g/mol. The Hall–Kier alpha value is -1.60. The largest absolute Gasteiger partial charge is 0.490 e. The Morgan fingerprint density at radius 2 is 2.20 bits per heavy atom. The standard InChI is InChI=1S/C12H12ClFN2O3S/c1-16-6-5-15-12(16)4-7-19-11-3-2-9(8-10(11)14)20(13,17)18/h2-3,5-6,8H,4,7H2,1H3. The van der Waals surface area contributed by atoms with Crippen LogP contribution in [0, 0.1) is 5.82 Å². The van der Waals surface area contributed by atoms with Gasteiger partial charge in [-0.05, 0) is 18.2 Å². The molecule has 0 saturated heterocycles. The first kappa shape index (κ1) is 14.8. The van der Waals surface area contributed by atoms with E-state index in [0.29, 0.717) is 6.42 Å². The molecule has 0 spiro atoms. The molecule has 0 saturated carbocycles. The summed E-state index contributed by atoms with van der Waals surface area (Å²) in [5, 5.41) is 0. The highest BCUT2D eigenvalue weighted by atomic mass is 35.7. The van der Waals surface area contributed by atoms with Crippen LogP contribution in [0.3, 0.4) is 0 Å². The van der Waals surface area contributed by atoms with Crippen molar-refractivity contribution in [3.8, 4) is 5.75 Å². The Bertz CT molecular complexity index is 715. The van der Waals surface area contributed by atoms with Gasteiger partial charge in [-0.15, -0.1) is 0 Å². The maximum Gasteiger partial charge on any atom is 0.261 e. The van der Waals surface area contributed by atoms with Gasteiger partial charge < -0.3 is 9.30 Å². The highest BCUT2D eigenvalue weighted by Crippen LogP contribution is 2.23. The summed E-state index contributed by atoms with van der Waals surface area (Å²) in [4.78, 5) is 3.81. The average Bonchev–Trinajstić information content (AvgIpc) is 2.76. The summed E-state index contributed by atoms with van der Waals surface area (Å²) in [7, 11) is 3.04. The zero-order chi connectivity index (χ0) is 14.8. The Balaban J connectivity index is 2.02. The number of aromatic nitrogens is 2. The lowest BCUT2D eigenvalue weighted by atomic mass is 10.3.